The highest BCUT2D eigenvalue weighted by Crippen LogP contribution is 2.37. The van der Waals surface area contributed by atoms with E-state index >= 15 is 0 Å². The van der Waals surface area contributed by atoms with E-state index in [1.807, 2.05) is 24.3 Å². The third kappa shape index (κ3) is 5.35. The molecule has 2 aromatic rings. The second-order valence-corrected chi connectivity index (χ2v) is 8.29. The van der Waals surface area contributed by atoms with Gasteiger partial charge in [0.25, 0.3) is 0 Å². The molecule has 140 valence electrons. The van der Waals surface area contributed by atoms with Gasteiger partial charge in [0.15, 0.2) is 6.17 Å². The van der Waals surface area contributed by atoms with Crippen LogP contribution in [0.15, 0.2) is 48.5 Å². The van der Waals surface area contributed by atoms with Crippen molar-refractivity contribution in [3.8, 4) is 0 Å². The van der Waals surface area contributed by atoms with E-state index < -0.39 is 17.7 Å². The van der Waals surface area contributed by atoms with Crippen LogP contribution in [0.3, 0.4) is 0 Å². The number of alkyl halides is 1. The minimum absolute atomic E-state index is 0.253. The summed E-state index contributed by atoms with van der Waals surface area (Å²) >= 11 is 12.9. The van der Waals surface area contributed by atoms with Crippen molar-refractivity contribution in [3.63, 3.8) is 0 Å². The summed E-state index contributed by atoms with van der Waals surface area (Å²) in [6.07, 6.45) is -2.17. The largest absolute Gasteiger partial charge is 0.379 e. The molecule has 1 heterocycles. The molecule has 0 radical (unpaired) electrons. The monoisotopic (exact) mass is 416 g/mol. The van der Waals surface area contributed by atoms with Crippen LogP contribution in [0.5, 0.6) is 0 Å². The molecule has 4 atom stereocenters. The van der Waals surface area contributed by atoms with Gasteiger partial charge >= 0.3 is 0 Å². The van der Waals surface area contributed by atoms with Gasteiger partial charge in [0.1, 0.15) is 11.5 Å². The van der Waals surface area contributed by atoms with Crippen molar-refractivity contribution in [2.45, 2.75) is 36.2 Å². The number of hydrogen-bond donors (Lipinski definition) is 1. The molecule has 1 N–H and O–H groups in total. The number of hydrogen-bond acceptors (Lipinski definition) is 4. The summed E-state index contributed by atoms with van der Waals surface area (Å²) in [4.78, 5) is 0. The number of benzene rings is 2. The Labute approximate surface area is 166 Å². The molecule has 1 saturated heterocycles. The molecular weight excluding hydrogens is 398 g/mol. The van der Waals surface area contributed by atoms with Gasteiger partial charge in [0.2, 0.25) is 0 Å². The van der Waals surface area contributed by atoms with Gasteiger partial charge in [-0.2, -0.15) is 0 Å². The number of thioether (sulfide) groups is 1. The maximum atomic E-state index is 14.3. The Balaban J connectivity index is 1.52. The van der Waals surface area contributed by atoms with Crippen molar-refractivity contribution >= 4 is 35.0 Å². The van der Waals surface area contributed by atoms with Gasteiger partial charge in [-0.05, 0) is 35.4 Å². The Morgan fingerprint density at radius 1 is 0.923 bits per heavy atom. The van der Waals surface area contributed by atoms with Crippen LogP contribution in [0.4, 0.5) is 4.39 Å². The van der Waals surface area contributed by atoms with Crippen LogP contribution in [0.25, 0.3) is 0 Å². The number of aliphatic hydroxyl groups is 1. The molecule has 2 aromatic carbocycles. The zero-order valence-corrected chi connectivity index (χ0v) is 16.2. The van der Waals surface area contributed by atoms with Gasteiger partial charge in [0, 0.05) is 10.0 Å². The highest BCUT2D eigenvalue weighted by Gasteiger charge is 2.44. The van der Waals surface area contributed by atoms with Crippen LogP contribution in [-0.4, -0.2) is 34.7 Å². The fraction of sp³-hybridized carbons (Fsp3) is 0.368. The average Bonchev–Trinajstić information content (AvgIpc) is 2.90. The number of ether oxygens (including phenoxy) is 2. The van der Waals surface area contributed by atoms with E-state index in [1.165, 1.54) is 0 Å². The van der Waals surface area contributed by atoms with Crippen LogP contribution in [0, 0.1) is 0 Å². The molecule has 0 spiro atoms. The number of rotatable bonds is 7. The van der Waals surface area contributed by atoms with E-state index in [9.17, 15) is 9.50 Å². The van der Waals surface area contributed by atoms with Gasteiger partial charge < -0.3 is 14.6 Å². The Hall–Kier alpha value is -0.820. The van der Waals surface area contributed by atoms with Crippen LogP contribution < -0.4 is 0 Å². The van der Waals surface area contributed by atoms with Crippen molar-refractivity contribution in [2.75, 3.05) is 6.61 Å². The maximum absolute atomic E-state index is 14.3. The molecule has 1 fully saturated rings. The van der Waals surface area contributed by atoms with Crippen LogP contribution >= 0.6 is 35.0 Å². The van der Waals surface area contributed by atoms with Crippen molar-refractivity contribution < 1.29 is 19.0 Å². The lowest BCUT2D eigenvalue weighted by Gasteiger charge is -2.20. The zero-order chi connectivity index (χ0) is 18.5. The van der Waals surface area contributed by atoms with Crippen LogP contribution in [0.1, 0.15) is 11.1 Å². The lowest BCUT2D eigenvalue weighted by Crippen LogP contribution is -2.34. The summed E-state index contributed by atoms with van der Waals surface area (Å²) in [5.41, 5.74) is 0.775. The molecule has 0 aliphatic carbocycles. The van der Waals surface area contributed by atoms with Crippen molar-refractivity contribution in [1.29, 1.82) is 0 Å². The molecule has 0 amide bonds. The molecule has 0 bridgehead atoms. The normalized spacial score (nSPS) is 25.5. The molecule has 0 saturated carbocycles. The maximum Gasteiger partial charge on any atom is 0.162 e. The third-order valence-electron chi connectivity index (χ3n) is 4.09. The summed E-state index contributed by atoms with van der Waals surface area (Å²) in [5.74, 6) is 0. The minimum atomic E-state index is -1.45. The van der Waals surface area contributed by atoms with Crippen LogP contribution in [0.2, 0.25) is 10.0 Å². The quantitative estimate of drug-likeness (QED) is 0.698. The van der Waals surface area contributed by atoms with Gasteiger partial charge in [-0.15, -0.1) is 11.8 Å². The smallest absolute Gasteiger partial charge is 0.162 e. The topological polar surface area (TPSA) is 38.7 Å². The summed E-state index contributed by atoms with van der Waals surface area (Å²) < 4.78 is 25.8. The highest BCUT2D eigenvalue weighted by atomic mass is 35.5. The van der Waals surface area contributed by atoms with Crippen LogP contribution in [-0.2, 0) is 22.7 Å². The zero-order valence-electron chi connectivity index (χ0n) is 13.9. The fourth-order valence-electron chi connectivity index (χ4n) is 2.68. The van der Waals surface area contributed by atoms with Gasteiger partial charge in [-0.3, -0.25) is 0 Å². The molecule has 3 nitrogen and oxygen atoms in total. The highest BCUT2D eigenvalue weighted by molar-refractivity contribution is 8.00. The second kappa shape index (κ2) is 9.40. The Kier molecular flexibility index (Phi) is 7.20. The lowest BCUT2D eigenvalue weighted by molar-refractivity contribution is -0.0386. The van der Waals surface area contributed by atoms with Gasteiger partial charge in [-0.1, -0.05) is 47.5 Å². The number of aliphatic hydroxyl groups excluding tert-OH is 1. The Morgan fingerprint density at radius 2 is 1.46 bits per heavy atom. The van der Waals surface area contributed by atoms with E-state index in [4.69, 9.17) is 32.7 Å². The van der Waals surface area contributed by atoms with E-state index in [2.05, 4.69) is 0 Å². The predicted molar refractivity (Wildman–Crippen MR) is 103 cm³/mol. The van der Waals surface area contributed by atoms with E-state index in [1.54, 1.807) is 24.3 Å². The fourth-order valence-corrected chi connectivity index (χ4v) is 4.15. The summed E-state index contributed by atoms with van der Waals surface area (Å²) in [6.45, 7) is 0.935. The second-order valence-electron chi connectivity index (χ2n) is 6.05. The first-order valence-electron chi connectivity index (χ1n) is 8.19. The molecule has 0 aromatic heterocycles. The first-order chi connectivity index (χ1) is 12.5. The number of halogens is 3. The van der Waals surface area contributed by atoms with Crippen molar-refractivity contribution in [2.24, 2.45) is 0 Å². The minimum Gasteiger partial charge on any atom is -0.379 e. The summed E-state index contributed by atoms with van der Waals surface area (Å²) in [6, 6.07) is 14.5. The standard InChI is InChI=1S/C19H19Cl2FO3S/c20-14-5-1-12(2-6-14)9-24-11-16-18(17(22)19(23)26-16)25-10-13-3-7-15(21)8-4-13/h1-8,16-19,23H,9-11H2/t16-,17+,18-,19?/m1/s1. The summed E-state index contributed by atoms with van der Waals surface area (Å²) in [5, 5.41) is 10.9. The molecular formula is C19H19Cl2FO3S. The van der Waals surface area contributed by atoms with E-state index in [-0.39, 0.29) is 18.5 Å². The third-order valence-corrected chi connectivity index (χ3v) is 5.88. The first kappa shape index (κ1) is 19.9. The van der Waals surface area contributed by atoms with Gasteiger partial charge in [0.05, 0.1) is 25.1 Å². The molecule has 3 rings (SSSR count). The van der Waals surface area contributed by atoms with Crippen molar-refractivity contribution in [1.82, 2.24) is 0 Å². The molecule has 7 heteroatoms. The predicted octanol–water partition coefficient (Wildman–Crippen LogP) is 4.87. The molecule has 1 unspecified atom stereocenters. The molecule has 1 aliphatic rings. The summed E-state index contributed by atoms with van der Waals surface area (Å²) in [7, 11) is 0. The molecule has 26 heavy (non-hydrogen) atoms. The van der Waals surface area contributed by atoms with E-state index in [0.29, 0.717) is 16.7 Å². The average molecular weight is 417 g/mol. The van der Waals surface area contributed by atoms with Gasteiger partial charge in [-0.25, -0.2) is 4.39 Å². The SMILES string of the molecule is OC1S[C@H](COCc2ccc(Cl)cc2)[C@@H](OCc2ccc(Cl)cc2)[C@@H]1F. The lowest BCUT2D eigenvalue weighted by atomic mass is 10.1. The van der Waals surface area contributed by atoms with E-state index in [0.717, 1.165) is 22.9 Å². The Bertz CT molecular complexity index is 699. The Morgan fingerprint density at radius 3 is 2.04 bits per heavy atom. The first-order valence-corrected chi connectivity index (χ1v) is 9.88. The van der Waals surface area contributed by atoms with Crippen molar-refractivity contribution in [3.05, 3.63) is 69.7 Å². The molecule has 1 aliphatic heterocycles.